The molecule has 0 saturated carbocycles. The Morgan fingerprint density at radius 1 is 0.938 bits per heavy atom. The molecule has 0 bridgehead atoms. The number of carbonyl (C=O) groups excluding carboxylic acids is 4. The number of carbonyl (C=O) groups is 4. The van der Waals surface area contributed by atoms with Crippen molar-refractivity contribution in [3.05, 3.63) is 35.4 Å². The largest absolute Gasteiger partial charge is 0.446 e. The van der Waals surface area contributed by atoms with Gasteiger partial charge in [0.1, 0.15) is 5.78 Å². The molecule has 1 aromatic rings. The monoisotopic (exact) mass is 442 g/mol. The molecule has 1 fully saturated rings. The van der Waals surface area contributed by atoms with Crippen molar-refractivity contribution < 1.29 is 23.9 Å². The first-order valence-corrected chi connectivity index (χ1v) is 11.8. The van der Waals surface area contributed by atoms with Gasteiger partial charge >= 0.3 is 5.97 Å². The molecular weight excluding hydrogens is 408 g/mol. The maximum atomic E-state index is 12.4. The van der Waals surface area contributed by atoms with E-state index in [2.05, 4.69) is 11.8 Å². The van der Waals surface area contributed by atoms with E-state index in [1.807, 2.05) is 0 Å². The number of rotatable bonds is 12. The number of ether oxygens (including phenoxy) is 1. The van der Waals surface area contributed by atoms with Crippen LogP contribution in [0.1, 0.15) is 92.4 Å². The quantitative estimate of drug-likeness (QED) is 0.277. The molecule has 2 aliphatic rings. The van der Waals surface area contributed by atoms with Crippen LogP contribution in [0.2, 0.25) is 0 Å². The van der Waals surface area contributed by atoms with E-state index in [0.717, 1.165) is 51.5 Å². The first-order chi connectivity index (χ1) is 15.4. The molecule has 1 aromatic carbocycles. The van der Waals surface area contributed by atoms with Crippen molar-refractivity contribution in [1.82, 2.24) is 9.80 Å². The molecule has 0 spiro atoms. The number of benzene rings is 1. The normalized spacial score (nSPS) is 20.6. The number of imide groups is 1. The van der Waals surface area contributed by atoms with Crippen LogP contribution in [0.5, 0.6) is 0 Å². The fourth-order valence-electron chi connectivity index (χ4n) is 4.64. The zero-order valence-electron chi connectivity index (χ0n) is 19.2. The van der Waals surface area contributed by atoms with E-state index in [-0.39, 0.29) is 42.6 Å². The highest BCUT2D eigenvalue weighted by Gasteiger charge is 2.35. The zero-order valence-corrected chi connectivity index (χ0v) is 19.2. The minimum atomic E-state index is -0.298. The minimum absolute atomic E-state index is 0.00197. The zero-order chi connectivity index (χ0) is 23.1. The molecule has 0 radical (unpaired) electrons. The van der Waals surface area contributed by atoms with Crippen LogP contribution in [0.15, 0.2) is 24.3 Å². The SMILES string of the molecule is CC[C@@H]1CC[C@@H](OC(=O)CCC(C)=O)N1CCCCCCN1C(=O)c2ccccc2C1=O. The second-order valence-corrected chi connectivity index (χ2v) is 8.75. The summed E-state index contributed by atoms with van der Waals surface area (Å²) in [7, 11) is 0. The third kappa shape index (κ3) is 5.82. The number of Topliss-reactive ketones (excluding diaryl/α,β-unsaturated/α-hetero) is 1. The Labute approximate surface area is 190 Å². The Balaban J connectivity index is 1.38. The van der Waals surface area contributed by atoms with Crippen molar-refractivity contribution in [1.29, 1.82) is 0 Å². The Morgan fingerprint density at radius 3 is 2.16 bits per heavy atom. The van der Waals surface area contributed by atoms with E-state index < -0.39 is 0 Å². The number of ketones is 1. The smallest absolute Gasteiger partial charge is 0.307 e. The summed E-state index contributed by atoms with van der Waals surface area (Å²) >= 11 is 0. The summed E-state index contributed by atoms with van der Waals surface area (Å²) in [5.41, 5.74) is 1.00. The highest BCUT2D eigenvalue weighted by atomic mass is 16.6. The molecule has 7 heteroatoms. The predicted octanol–water partition coefficient (Wildman–Crippen LogP) is 3.96. The molecule has 2 atom stereocenters. The molecule has 2 amide bonds. The van der Waals surface area contributed by atoms with Gasteiger partial charge in [0, 0.05) is 25.6 Å². The molecule has 0 N–H and O–H groups in total. The fraction of sp³-hybridized carbons (Fsp3) is 0.600. The van der Waals surface area contributed by atoms with Gasteiger partial charge in [0.2, 0.25) is 0 Å². The highest BCUT2D eigenvalue weighted by Crippen LogP contribution is 2.28. The first kappa shape index (κ1) is 24.1. The number of hydrogen-bond donors (Lipinski definition) is 0. The standard InChI is InChI=1S/C25H34N2O5/c1-3-19-13-14-22(32-23(29)15-12-18(2)28)26(19)16-8-4-5-9-17-27-24(30)20-10-6-7-11-21(20)25(27)31/h6-7,10-11,19,22H,3-5,8-9,12-17H2,1-2H3/t19-,22-/m1/s1. The molecule has 0 aliphatic carbocycles. The molecular formula is C25H34N2O5. The lowest BCUT2D eigenvalue weighted by Crippen LogP contribution is -2.39. The van der Waals surface area contributed by atoms with Crippen molar-refractivity contribution in [2.24, 2.45) is 0 Å². The molecule has 2 heterocycles. The van der Waals surface area contributed by atoms with Gasteiger partial charge in [-0.05, 0) is 51.2 Å². The van der Waals surface area contributed by atoms with Gasteiger partial charge in [-0.1, -0.05) is 31.9 Å². The maximum absolute atomic E-state index is 12.4. The van der Waals surface area contributed by atoms with Crippen LogP contribution >= 0.6 is 0 Å². The number of likely N-dealkylation sites (tertiary alicyclic amines) is 1. The molecule has 7 nitrogen and oxygen atoms in total. The predicted molar refractivity (Wildman–Crippen MR) is 120 cm³/mol. The molecule has 0 aromatic heterocycles. The number of esters is 1. The lowest BCUT2D eigenvalue weighted by molar-refractivity contribution is -0.158. The van der Waals surface area contributed by atoms with Crippen LogP contribution in [0, 0.1) is 0 Å². The molecule has 1 saturated heterocycles. The Morgan fingerprint density at radius 2 is 1.56 bits per heavy atom. The summed E-state index contributed by atoms with van der Waals surface area (Å²) in [6.45, 7) is 4.94. The molecule has 3 rings (SSSR count). The Hall–Kier alpha value is -2.54. The fourth-order valence-corrected chi connectivity index (χ4v) is 4.64. The summed E-state index contributed by atoms with van der Waals surface area (Å²) in [6, 6.07) is 7.39. The van der Waals surface area contributed by atoms with Gasteiger partial charge in [-0.15, -0.1) is 0 Å². The van der Waals surface area contributed by atoms with Gasteiger partial charge in [0.15, 0.2) is 6.23 Å². The van der Waals surface area contributed by atoms with Crippen LogP contribution in [0.3, 0.4) is 0 Å². The molecule has 2 aliphatic heterocycles. The average Bonchev–Trinajstić information content (AvgIpc) is 3.27. The number of fused-ring (bicyclic) bond motifs is 1. The highest BCUT2D eigenvalue weighted by molar-refractivity contribution is 6.21. The van der Waals surface area contributed by atoms with Gasteiger partial charge in [-0.2, -0.15) is 0 Å². The summed E-state index contributed by atoms with van der Waals surface area (Å²) in [5, 5.41) is 0. The maximum Gasteiger partial charge on any atom is 0.307 e. The van der Waals surface area contributed by atoms with Crippen LogP contribution < -0.4 is 0 Å². The third-order valence-corrected chi connectivity index (χ3v) is 6.43. The molecule has 0 unspecified atom stereocenters. The van der Waals surface area contributed by atoms with E-state index in [1.54, 1.807) is 24.3 Å². The topological polar surface area (TPSA) is 84.0 Å². The average molecular weight is 443 g/mol. The molecule has 32 heavy (non-hydrogen) atoms. The van der Waals surface area contributed by atoms with Crippen molar-refractivity contribution in [3.63, 3.8) is 0 Å². The van der Waals surface area contributed by atoms with Crippen molar-refractivity contribution in [2.75, 3.05) is 13.1 Å². The third-order valence-electron chi connectivity index (χ3n) is 6.43. The van der Waals surface area contributed by atoms with Crippen molar-refractivity contribution >= 4 is 23.6 Å². The number of unbranched alkanes of at least 4 members (excludes halogenated alkanes) is 3. The van der Waals surface area contributed by atoms with Crippen molar-refractivity contribution in [2.45, 2.75) is 83.9 Å². The van der Waals surface area contributed by atoms with Crippen LogP contribution in [-0.4, -0.2) is 58.7 Å². The summed E-state index contributed by atoms with van der Waals surface area (Å²) < 4.78 is 5.66. The molecule has 174 valence electrons. The van der Waals surface area contributed by atoms with Crippen molar-refractivity contribution in [3.8, 4) is 0 Å². The lowest BCUT2D eigenvalue weighted by Gasteiger charge is -2.29. The number of hydrogen-bond acceptors (Lipinski definition) is 6. The summed E-state index contributed by atoms with van der Waals surface area (Å²) in [4.78, 5) is 51.6. The number of nitrogens with zero attached hydrogens (tertiary/aromatic N) is 2. The van der Waals surface area contributed by atoms with E-state index in [9.17, 15) is 19.2 Å². The van der Waals surface area contributed by atoms with Gasteiger partial charge in [-0.25, -0.2) is 0 Å². The van der Waals surface area contributed by atoms with Crippen LogP contribution in [0.25, 0.3) is 0 Å². The lowest BCUT2D eigenvalue weighted by atomic mass is 10.1. The van der Waals surface area contributed by atoms with Gasteiger partial charge in [-0.3, -0.25) is 24.2 Å². The number of amides is 2. The summed E-state index contributed by atoms with van der Waals surface area (Å²) in [6.07, 6.45) is 6.72. The second-order valence-electron chi connectivity index (χ2n) is 8.75. The van der Waals surface area contributed by atoms with Crippen LogP contribution in [0.4, 0.5) is 0 Å². The van der Waals surface area contributed by atoms with Gasteiger partial charge in [0.25, 0.3) is 11.8 Å². The second kappa shape index (κ2) is 11.4. The summed E-state index contributed by atoms with van der Waals surface area (Å²) in [5.74, 6) is -0.684. The van der Waals surface area contributed by atoms with E-state index in [0.29, 0.717) is 23.7 Å². The van der Waals surface area contributed by atoms with Gasteiger partial charge < -0.3 is 9.53 Å². The van der Waals surface area contributed by atoms with E-state index in [1.165, 1.54) is 11.8 Å². The Bertz CT molecular complexity index is 817. The first-order valence-electron chi connectivity index (χ1n) is 11.8. The van der Waals surface area contributed by atoms with E-state index >= 15 is 0 Å². The minimum Gasteiger partial charge on any atom is -0.446 e. The Kier molecular flexibility index (Phi) is 8.56. The van der Waals surface area contributed by atoms with E-state index in [4.69, 9.17) is 4.74 Å². The van der Waals surface area contributed by atoms with Crippen LogP contribution in [-0.2, 0) is 14.3 Å². The van der Waals surface area contributed by atoms with Gasteiger partial charge in [0.05, 0.1) is 17.5 Å².